The minimum atomic E-state index is -3.97. The number of piperazine rings is 1. The Balaban J connectivity index is 1.36. The summed E-state index contributed by atoms with van der Waals surface area (Å²) in [7, 11) is -2.36. The van der Waals surface area contributed by atoms with Crippen LogP contribution in [0, 0.1) is 6.92 Å². The van der Waals surface area contributed by atoms with Crippen molar-refractivity contribution in [3.63, 3.8) is 0 Å². The molecule has 13 heteroatoms. The summed E-state index contributed by atoms with van der Waals surface area (Å²) < 4.78 is 41.2. The van der Waals surface area contributed by atoms with Crippen LogP contribution in [-0.2, 0) is 26.1 Å². The van der Waals surface area contributed by atoms with E-state index in [0.717, 1.165) is 28.8 Å². The molecule has 0 aliphatic carbocycles. The molecule has 2 aliphatic rings. The van der Waals surface area contributed by atoms with Crippen LogP contribution in [0.3, 0.4) is 0 Å². The van der Waals surface area contributed by atoms with Crippen molar-refractivity contribution in [2.45, 2.75) is 37.3 Å². The summed E-state index contributed by atoms with van der Waals surface area (Å²) in [4.78, 5) is 33.1. The first-order valence-electron chi connectivity index (χ1n) is 12.5. The number of para-hydroxylation sites is 2. The summed E-state index contributed by atoms with van der Waals surface area (Å²) in [6, 6.07) is 7.63. The van der Waals surface area contributed by atoms with Gasteiger partial charge in [-0.25, -0.2) is 13.4 Å². The largest absolute Gasteiger partial charge is 0.495 e. The Hall–Kier alpha value is -3.00. The molecule has 2 saturated heterocycles. The number of hydrogen-bond donors (Lipinski definition) is 1. The number of thiophene rings is 1. The first-order chi connectivity index (χ1) is 18.3. The Morgan fingerprint density at radius 1 is 1.24 bits per heavy atom. The zero-order valence-corrected chi connectivity index (χ0v) is 23.0. The summed E-state index contributed by atoms with van der Waals surface area (Å²) in [5, 5.41) is 2.82. The zero-order chi connectivity index (χ0) is 26.9. The first kappa shape index (κ1) is 26.6. The zero-order valence-electron chi connectivity index (χ0n) is 21.4. The summed E-state index contributed by atoms with van der Waals surface area (Å²) in [5.41, 5.74) is 0.368. The van der Waals surface area contributed by atoms with E-state index in [0.29, 0.717) is 35.9 Å². The smallest absolute Gasteiger partial charge is 0.263 e. The van der Waals surface area contributed by atoms with Crippen molar-refractivity contribution < 1.29 is 22.7 Å². The fourth-order valence-electron chi connectivity index (χ4n) is 4.97. The molecule has 11 nitrogen and oxygen atoms in total. The van der Waals surface area contributed by atoms with Gasteiger partial charge in [-0.15, -0.1) is 11.3 Å². The third kappa shape index (κ3) is 5.15. The molecule has 1 N–H and O–H groups in total. The molecule has 0 saturated carbocycles. The number of fused-ring (bicyclic) bond motifs is 1. The molecule has 1 amide bonds. The van der Waals surface area contributed by atoms with Crippen molar-refractivity contribution in [2.75, 3.05) is 51.3 Å². The van der Waals surface area contributed by atoms with Gasteiger partial charge in [0, 0.05) is 44.2 Å². The molecule has 0 spiro atoms. The van der Waals surface area contributed by atoms with Gasteiger partial charge in [-0.3, -0.25) is 14.2 Å². The number of amides is 1. The first-order valence-corrected chi connectivity index (χ1v) is 14.8. The molecule has 204 valence electrons. The van der Waals surface area contributed by atoms with E-state index < -0.39 is 15.6 Å². The third-order valence-electron chi connectivity index (χ3n) is 6.93. The van der Waals surface area contributed by atoms with E-state index in [-0.39, 0.29) is 41.9 Å². The second-order valence-corrected chi connectivity index (χ2v) is 12.4. The van der Waals surface area contributed by atoms with Gasteiger partial charge in [-0.05, 0) is 31.9 Å². The Morgan fingerprint density at radius 3 is 2.71 bits per heavy atom. The quantitative estimate of drug-likeness (QED) is 0.440. The van der Waals surface area contributed by atoms with Crippen LogP contribution in [0.25, 0.3) is 10.2 Å². The topological polar surface area (TPSA) is 123 Å². The van der Waals surface area contributed by atoms with Gasteiger partial charge < -0.3 is 19.7 Å². The maximum Gasteiger partial charge on any atom is 0.263 e. The van der Waals surface area contributed by atoms with Crippen LogP contribution in [0.2, 0.25) is 0 Å². The molecule has 3 aromatic rings. The Morgan fingerprint density at radius 2 is 2.00 bits per heavy atom. The second kappa shape index (κ2) is 11.0. The molecule has 2 aliphatic heterocycles. The number of nitrogens with one attached hydrogen (secondary N) is 1. The van der Waals surface area contributed by atoms with Crippen LogP contribution in [0.5, 0.6) is 5.75 Å². The van der Waals surface area contributed by atoms with Gasteiger partial charge in [-0.2, -0.15) is 4.31 Å². The number of benzene rings is 1. The summed E-state index contributed by atoms with van der Waals surface area (Å²) in [6.07, 6.45) is 3.13. The number of methoxy groups -OCH3 is 1. The second-order valence-electron chi connectivity index (χ2n) is 9.35. The molecule has 0 radical (unpaired) electrons. The van der Waals surface area contributed by atoms with Gasteiger partial charge in [-0.1, -0.05) is 12.1 Å². The number of carbonyl (C=O) groups excluding carboxylic acids is 1. The predicted molar refractivity (Wildman–Crippen MR) is 145 cm³/mol. The van der Waals surface area contributed by atoms with E-state index >= 15 is 0 Å². The number of nitrogens with zero attached hydrogens (tertiary/aromatic N) is 4. The average Bonchev–Trinajstić information content (AvgIpc) is 3.57. The van der Waals surface area contributed by atoms with E-state index in [2.05, 4.69) is 15.2 Å². The highest BCUT2D eigenvalue weighted by atomic mass is 32.2. The standard InChI is InChI=1S/C25H31N5O6S2/c1-17-23(38(33,34)30-11-9-28(10-12-30)19-7-3-4-8-20(19)35-2)22-24(37-17)27-16-29(25(22)32)15-21(31)26-14-18-6-5-13-36-18/h3-4,7-8,16,18H,5-6,9-15H2,1-2H3,(H,26,31)/t18-/m1/s1. The molecule has 2 fully saturated rings. The van der Waals surface area contributed by atoms with E-state index in [1.54, 1.807) is 14.0 Å². The van der Waals surface area contributed by atoms with Crippen LogP contribution in [-0.4, -0.2) is 80.7 Å². The lowest BCUT2D eigenvalue weighted by atomic mass is 10.2. The van der Waals surface area contributed by atoms with Crippen molar-refractivity contribution in [1.29, 1.82) is 0 Å². The van der Waals surface area contributed by atoms with Crippen LogP contribution in [0.1, 0.15) is 17.7 Å². The highest BCUT2D eigenvalue weighted by Gasteiger charge is 2.34. The van der Waals surface area contributed by atoms with Crippen molar-refractivity contribution >= 4 is 43.2 Å². The van der Waals surface area contributed by atoms with E-state index in [9.17, 15) is 18.0 Å². The number of aromatic nitrogens is 2. The van der Waals surface area contributed by atoms with E-state index in [1.807, 2.05) is 24.3 Å². The lowest BCUT2D eigenvalue weighted by molar-refractivity contribution is -0.122. The van der Waals surface area contributed by atoms with Crippen molar-refractivity contribution in [2.24, 2.45) is 0 Å². The van der Waals surface area contributed by atoms with Gasteiger partial charge in [0.15, 0.2) is 0 Å². The minimum Gasteiger partial charge on any atom is -0.495 e. The highest BCUT2D eigenvalue weighted by molar-refractivity contribution is 7.89. The summed E-state index contributed by atoms with van der Waals surface area (Å²) in [5.74, 6) is 0.377. The molecule has 2 aromatic heterocycles. The predicted octanol–water partition coefficient (Wildman–Crippen LogP) is 1.58. The van der Waals surface area contributed by atoms with Gasteiger partial charge in [0.05, 0.1) is 30.6 Å². The normalized spacial score (nSPS) is 18.7. The van der Waals surface area contributed by atoms with Gasteiger partial charge in [0.1, 0.15) is 22.0 Å². The third-order valence-corrected chi connectivity index (χ3v) is 10.1. The molecule has 1 aromatic carbocycles. The Bertz CT molecular complexity index is 1490. The summed E-state index contributed by atoms with van der Waals surface area (Å²) >= 11 is 1.17. The van der Waals surface area contributed by atoms with E-state index in [1.165, 1.54) is 22.0 Å². The lowest BCUT2D eigenvalue weighted by Gasteiger charge is -2.35. The van der Waals surface area contributed by atoms with Crippen molar-refractivity contribution in [3.8, 4) is 5.75 Å². The number of rotatable bonds is 8. The molecular formula is C25H31N5O6S2. The molecule has 0 bridgehead atoms. The Labute approximate surface area is 225 Å². The highest BCUT2D eigenvalue weighted by Crippen LogP contribution is 2.34. The molecule has 5 rings (SSSR count). The van der Waals surface area contributed by atoms with Crippen LogP contribution < -0.4 is 20.5 Å². The molecule has 1 atom stereocenters. The molecule has 4 heterocycles. The minimum absolute atomic E-state index is 0.0176. The SMILES string of the molecule is COc1ccccc1N1CCN(S(=O)(=O)c2c(C)sc3ncn(CC(=O)NC[C@H]4CCCO4)c(=O)c23)CC1. The lowest BCUT2D eigenvalue weighted by Crippen LogP contribution is -2.49. The van der Waals surface area contributed by atoms with E-state index in [4.69, 9.17) is 9.47 Å². The van der Waals surface area contributed by atoms with Crippen LogP contribution >= 0.6 is 11.3 Å². The van der Waals surface area contributed by atoms with Crippen LogP contribution in [0.15, 0.2) is 40.3 Å². The number of sulfonamides is 1. The number of carbonyl (C=O) groups is 1. The Kier molecular flexibility index (Phi) is 7.70. The van der Waals surface area contributed by atoms with Gasteiger partial charge in [0.2, 0.25) is 15.9 Å². The van der Waals surface area contributed by atoms with Crippen molar-refractivity contribution in [3.05, 3.63) is 45.8 Å². The molecule has 38 heavy (non-hydrogen) atoms. The fourth-order valence-corrected chi connectivity index (χ4v) is 8.06. The molecular weight excluding hydrogens is 530 g/mol. The maximum absolute atomic E-state index is 13.8. The number of aryl methyl sites for hydroxylation is 1. The number of ether oxygens (including phenoxy) is 2. The average molecular weight is 562 g/mol. The number of anilines is 1. The monoisotopic (exact) mass is 561 g/mol. The number of hydrogen-bond acceptors (Lipinski definition) is 9. The maximum atomic E-state index is 13.8. The van der Waals surface area contributed by atoms with Gasteiger partial charge in [0.25, 0.3) is 5.56 Å². The summed E-state index contributed by atoms with van der Waals surface area (Å²) in [6.45, 7) is 3.98. The van der Waals surface area contributed by atoms with Gasteiger partial charge >= 0.3 is 0 Å². The van der Waals surface area contributed by atoms with Crippen LogP contribution in [0.4, 0.5) is 5.69 Å². The fraction of sp³-hybridized carbons (Fsp3) is 0.480. The molecule has 0 unspecified atom stereocenters. The van der Waals surface area contributed by atoms with Crippen molar-refractivity contribution in [1.82, 2.24) is 19.2 Å².